The molecule has 1 aliphatic rings. The number of amides is 3. The third-order valence-corrected chi connectivity index (χ3v) is 3.31. The van der Waals surface area contributed by atoms with Crippen molar-refractivity contribution in [3.8, 4) is 0 Å². The van der Waals surface area contributed by atoms with Gasteiger partial charge in [-0.15, -0.1) is 0 Å². The lowest BCUT2D eigenvalue weighted by atomic mass is 10.2. The Labute approximate surface area is 119 Å². The summed E-state index contributed by atoms with van der Waals surface area (Å²) in [7, 11) is 0. The number of anilines is 2. The predicted octanol–water partition coefficient (Wildman–Crippen LogP) is 2.74. The lowest BCUT2D eigenvalue weighted by Gasteiger charge is -2.15. The molecule has 1 aliphatic heterocycles. The summed E-state index contributed by atoms with van der Waals surface area (Å²) in [5, 5.41) is 5.64. The average Bonchev–Trinajstić information content (AvgIpc) is 2.85. The van der Waals surface area contributed by atoms with Gasteiger partial charge < -0.3 is 10.6 Å². The van der Waals surface area contributed by atoms with Crippen LogP contribution >= 0.6 is 0 Å². The molecule has 1 heterocycles. The Bertz CT molecular complexity index is 488. The smallest absolute Gasteiger partial charge is 0.321 e. The number of carbonyl (C=O) groups excluding carboxylic acids is 2. The molecule has 0 atom stereocenters. The Hall–Kier alpha value is -2.04. The molecule has 0 unspecified atom stereocenters. The van der Waals surface area contributed by atoms with Gasteiger partial charge in [0.25, 0.3) is 0 Å². The Morgan fingerprint density at radius 1 is 1.40 bits per heavy atom. The summed E-state index contributed by atoms with van der Waals surface area (Å²) in [6.07, 6.45) is 3.63. The van der Waals surface area contributed by atoms with Gasteiger partial charge in [0.2, 0.25) is 5.91 Å². The van der Waals surface area contributed by atoms with E-state index < -0.39 is 0 Å². The number of nitrogens with zero attached hydrogens (tertiary/aromatic N) is 1. The molecule has 0 bridgehead atoms. The van der Waals surface area contributed by atoms with E-state index >= 15 is 0 Å². The molecule has 108 valence electrons. The van der Waals surface area contributed by atoms with Crippen LogP contribution in [0.5, 0.6) is 0 Å². The third-order valence-electron chi connectivity index (χ3n) is 3.31. The predicted molar refractivity (Wildman–Crippen MR) is 80.0 cm³/mol. The first kappa shape index (κ1) is 14.4. The molecule has 2 rings (SSSR count). The van der Waals surface area contributed by atoms with E-state index in [1.165, 1.54) is 0 Å². The molecule has 5 heteroatoms. The Morgan fingerprint density at radius 2 is 2.25 bits per heavy atom. The first-order chi connectivity index (χ1) is 9.70. The number of nitrogens with one attached hydrogen (secondary N) is 2. The highest BCUT2D eigenvalue weighted by Crippen LogP contribution is 2.21. The second-order valence-electron chi connectivity index (χ2n) is 4.94. The molecule has 20 heavy (non-hydrogen) atoms. The van der Waals surface area contributed by atoms with Crippen LogP contribution in [0.4, 0.5) is 16.2 Å². The molecular formula is C15H21N3O2. The van der Waals surface area contributed by atoms with Crippen molar-refractivity contribution in [3.63, 3.8) is 0 Å². The summed E-state index contributed by atoms with van der Waals surface area (Å²) >= 11 is 0. The van der Waals surface area contributed by atoms with E-state index in [0.717, 1.165) is 30.6 Å². The van der Waals surface area contributed by atoms with Crippen molar-refractivity contribution in [3.05, 3.63) is 24.3 Å². The summed E-state index contributed by atoms with van der Waals surface area (Å²) in [6, 6.07) is 7.31. The highest BCUT2D eigenvalue weighted by Gasteiger charge is 2.21. The third kappa shape index (κ3) is 3.73. The minimum atomic E-state index is -0.0866. The van der Waals surface area contributed by atoms with E-state index in [2.05, 4.69) is 17.6 Å². The van der Waals surface area contributed by atoms with Gasteiger partial charge in [-0.1, -0.05) is 25.8 Å². The zero-order valence-corrected chi connectivity index (χ0v) is 11.8. The zero-order valence-electron chi connectivity index (χ0n) is 11.8. The number of rotatable bonds is 6. The number of hydrogen-bond acceptors (Lipinski definition) is 2. The summed E-state index contributed by atoms with van der Waals surface area (Å²) in [6.45, 7) is 3.43. The van der Waals surface area contributed by atoms with E-state index in [0.29, 0.717) is 19.5 Å². The fraction of sp³-hybridized carbons (Fsp3) is 0.467. The molecule has 2 N–H and O–H groups in total. The SMILES string of the molecule is CCCCCC(=O)Nc1cccc(N2CCNC2=O)c1. The zero-order chi connectivity index (χ0) is 14.4. The summed E-state index contributed by atoms with van der Waals surface area (Å²) in [5.41, 5.74) is 1.55. The lowest BCUT2D eigenvalue weighted by Crippen LogP contribution is -2.27. The van der Waals surface area contributed by atoms with Crippen LogP contribution in [0.2, 0.25) is 0 Å². The Kier molecular flexibility index (Phi) is 4.98. The van der Waals surface area contributed by atoms with Gasteiger partial charge in [-0.3, -0.25) is 9.69 Å². The molecule has 5 nitrogen and oxygen atoms in total. The van der Waals surface area contributed by atoms with Crippen molar-refractivity contribution in [2.24, 2.45) is 0 Å². The van der Waals surface area contributed by atoms with E-state index in [4.69, 9.17) is 0 Å². The summed E-state index contributed by atoms with van der Waals surface area (Å²) in [4.78, 5) is 25.1. The quantitative estimate of drug-likeness (QED) is 0.784. The molecule has 1 aromatic rings. The number of carbonyl (C=O) groups is 2. The van der Waals surface area contributed by atoms with Gasteiger partial charge in [-0.25, -0.2) is 4.79 Å². The summed E-state index contributed by atoms with van der Waals surface area (Å²) < 4.78 is 0. The molecule has 1 aromatic carbocycles. The topological polar surface area (TPSA) is 61.4 Å². The van der Waals surface area contributed by atoms with Gasteiger partial charge >= 0.3 is 6.03 Å². The van der Waals surface area contributed by atoms with E-state index in [1.807, 2.05) is 24.3 Å². The van der Waals surface area contributed by atoms with Gasteiger partial charge in [0.15, 0.2) is 0 Å². The number of benzene rings is 1. The van der Waals surface area contributed by atoms with Crippen LogP contribution in [0.3, 0.4) is 0 Å². The van der Waals surface area contributed by atoms with Gasteiger partial charge in [0.05, 0.1) is 0 Å². The van der Waals surface area contributed by atoms with Crippen molar-refractivity contribution in [1.29, 1.82) is 0 Å². The average molecular weight is 275 g/mol. The molecule has 0 saturated carbocycles. The van der Waals surface area contributed by atoms with E-state index in [9.17, 15) is 9.59 Å². The first-order valence-corrected chi connectivity index (χ1v) is 7.16. The maximum Gasteiger partial charge on any atom is 0.321 e. The Balaban J connectivity index is 1.95. The minimum Gasteiger partial charge on any atom is -0.336 e. The highest BCUT2D eigenvalue weighted by atomic mass is 16.2. The number of unbranched alkanes of at least 4 members (excludes halogenated alkanes) is 2. The van der Waals surface area contributed by atoms with Crippen molar-refractivity contribution < 1.29 is 9.59 Å². The largest absolute Gasteiger partial charge is 0.336 e. The maximum atomic E-state index is 11.8. The minimum absolute atomic E-state index is 0.0291. The summed E-state index contributed by atoms with van der Waals surface area (Å²) in [5.74, 6) is 0.0291. The van der Waals surface area contributed by atoms with E-state index in [1.54, 1.807) is 4.90 Å². The van der Waals surface area contributed by atoms with Crippen molar-refractivity contribution in [2.45, 2.75) is 32.6 Å². The fourth-order valence-corrected chi connectivity index (χ4v) is 2.23. The van der Waals surface area contributed by atoms with Gasteiger partial charge in [0.1, 0.15) is 0 Å². The second kappa shape index (κ2) is 6.93. The molecule has 0 aliphatic carbocycles. The van der Waals surface area contributed by atoms with Gasteiger partial charge in [0, 0.05) is 30.9 Å². The van der Waals surface area contributed by atoms with Gasteiger partial charge in [-0.05, 0) is 24.6 Å². The number of urea groups is 1. The fourth-order valence-electron chi connectivity index (χ4n) is 2.23. The maximum absolute atomic E-state index is 11.8. The van der Waals surface area contributed by atoms with Crippen LogP contribution in [-0.4, -0.2) is 25.0 Å². The molecular weight excluding hydrogens is 254 g/mol. The van der Waals surface area contributed by atoms with Crippen LogP contribution in [0.1, 0.15) is 32.6 Å². The first-order valence-electron chi connectivity index (χ1n) is 7.16. The molecule has 3 amide bonds. The highest BCUT2D eigenvalue weighted by molar-refractivity contribution is 5.96. The van der Waals surface area contributed by atoms with E-state index in [-0.39, 0.29) is 11.9 Å². The van der Waals surface area contributed by atoms with Crippen LogP contribution in [0.25, 0.3) is 0 Å². The molecule has 0 radical (unpaired) electrons. The molecule has 0 spiro atoms. The molecule has 1 saturated heterocycles. The van der Waals surface area contributed by atoms with Crippen LogP contribution < -0.4 is 15.5 Å². The van der Waals surface area contributed by atoms with Crippen LogP contribution in [0.15, 0.2) is 24.3 Å². The Morgan fingerprint density at radius 3 is 2.95 bits per heavy atom. The monoisotopic (exact) mass is 275 g/mol. The molecule has 1 fully saturated rings. The van der Waals surface area contributed by atoms with Crippen LogP contribution in [0, 0.1) is 0 Å². The van der Waals surface area contributed by atoms with Crippen molar-refractivity contribution >= 4 is 23.3 Å². The van der Waals surface area contributed by atoms with Crippen LogP contribution in [-0.2, 0) is 4.79 Å². The second-order valence-corrected chi connectivity index (χ2v) is 4.94. The molecule has 0 aromatic heterocycles. The van der Waals surface area contributed by atoms with Crippen molar-refractivity contribution in [1.82, 2.24) is 5.32 Å². The lowest BCUT2D eigenvalue weighted by molar-refractivity contribution is -0.116. The normalized spacial score (nSPS) is 14.2. The number of hydrogen-bond donors (Lipinski definition) is 2. The van der Waals surface area contributed by atoms with Gasteiger partial charge in [-0.2, -0.15) is 0 Å². The standard InChI is InChI=1S/C15H21N3O2/c1-2-3-4-8-14(19)17-12-6-5-7-13(11-12)18-10-9-16-15(18)20/h5-7,11H,2-4,8-10H2,1H3,(H,16,20)(H,17,19). The van der Waals surface area contributed by atoms with Crippen molar-refractivity contribution in [2.75, 3.05) is 23.3 Å².